The van der Waals surface area contributed by atoms with E-state index in [1.54, 1.807) is 7.05 Å². The molecule has 0 aliphatic rings. The molecule has 0 saturated carbocycles. The van der Waals surface area contributed by atoms with Crippen LogP contribution >= 0.6 is 0 Å². The molecule has 1 amide bonds. The summed E-state index contributed by atoms with van der Waals surface area (Å²) in [5, 5.41) is 9.43. The molecule has 100 valence electrons. The van der Waals surface area contributed by atoms with Gasteiger partial charge >= 0.3 is 0 Å². The van der Waals surface area contributed by atoms with Crippen LogP contribution < -0.4 is 5.73 Å². The molecule has 18 heavy (non-hydrogen) atoms. The van der Waals surface area contributed by atoms with Crippen LogP contribution in [0, 0.1) is 20.8 Å². The summed E-state index contributed by atoms with van der Waals surface area (Å²) in [5.41, 5.74) is 10.1. The Hall–Kier alpha value is -1.39. The number of rotatable bonds is 4. The summed E-state index contributed by atoms with van der Waals surface area (Å²) in [6, 6.07) is 4.08. The van der Waals surface area contributed by atoms with Crippen molar-refractivity contribution >= 4 is 5.91 Å². The van der Waals surface area contributed by atoms with Gasteiger partial charge in [-0.25, -0.2) is 0 Å². The van der Waals surface area contributed by atoms with E-state index in [9.17, 15) is 9.90 Å². The molecule has 0 heterocycles. The summed E-state index contributed by atoms with van der Waals surface area (Å²) in [6.45, 7) is 6.64. The summed E-state index contributed by atoms with van der Waals surface area (Å²) in [5.74, 6) is -0.338. The molecule has 0 fully saturated rings. The minimum absolute atomic E-state index is 0.0465. The van der Waals surface area contributed by atoms with Crippen molar-refractivity contribution in [1.82, 2.24) is 4.90 Å². The lowest BCUT2D eigenvalue weighted by Crippen LogP contribution is -2.40. The zero-order valence-corrected chi connectivity index (χ0v) is 11.5. The second kappa shape index (κ2) is 5.98. The molecule has 4 nitrogen and oxygen atoms in total. The predicted molar refractivity (Wildman–Crippen MR) is 72.2 cm³/mol. The van der Waals surface area contributed by atoms with E-state index in [0.29, 0.717) is 6.54 Å². The molecule has 1 rings (SSSR count). The fourth-order valence-electron chi connectivity index (χ4n) is 1.87. The zero-order valence-electron chi connectivity index (χ0n) is 11.5. The first-order chi connectivity index (χ1) is 8.38. The van der Waals surface area contributed by atoms with Gasteiger partial charge in [-0.1, -0.05) is 12.1 Å². The van der Waals surface area contributed by atoms with Gasteiger partial charge in [-0.05, 0) is 43.0 Å². The van der Waals surface area contributed by atoms with E-state index in [1.165, 1.54) is 21.6 Å². The standard InChI is InChI=1S/C14H22N2O2/c1-9-5-6-12(11(3)10(9)2)8-16(4)14(18)13(17)7-15/h5-6,13,17H,7-8,15H2,1-4H3. The van der Waals surface area contributed by atoms with Crippen LogP contribution in [-0.4, -0.2) is 35.6 Å². The summed E-state index contributed by atoms with van der Waals surface area (Å²) in [6.07, 6.45) is -1.11. The lowest BCUT2D eigenvalue weighted by molar-refractivity contribution is -0.138. The molecule has 1 unspecified atom stereocenters. The van der Waals surface area contributed by atoms with Crippen molar-refractivity contribution in [3.8, 4) is 0 Å². The summed E-state index contributed by atoms with van der Waals surface area (Å²) < 4.78 is 0. The van der Waals surface area contributed by atoms with E-state index >= 15 is 0 Å². The Kier molecular flexibility index (Phi) is 4.87. The Morgan fingerprint density at radius 3 is 2.50 bits per heavy atom. The molecule has 0 aliphatic carbocycles. The van der Waals surface area contributed by atoms with E-state index < -0.39 is 6.10 Å². The number of carbonyl (C=O) groups is 1. The van der Waals surface area contributed by atoms with Crippen LogP contribution in [0.15, 0.2) is 12.1 Å². The number of amides is 1. The van der Waals surface area contributed by atoms with Crippen molar-refractivity contribution in [2.45, 2.75) is 33.4 Å². The number of nitrogens with two attached hydrogens (primary N) is 1. The summed E-state index contributed by atoms with van der Waals surface area (Å²) in [7, 11) is 1.68. The van der Waals surface area contributed by atoms with Crippen LogP contribution in [-0.2, 0) is 11.3 Å². The molecular formula is C14H22N2O2. The SMILES string of the molecule is Cc1ccc(CN(C)C(=O)C(O)CN)c(C)c1C. The Morgan fingerprint density at radius 1 is 1.33 bits per heavy atom. The van der Waals surface area contributed by atoms with Gasteiger partial charge in [-0.3, -0.25) is 4.79 Å². The lowest BCUT2D eigenvalue weighted by Gasteiger charge is -2.22. The van der Waals surface area contributed by atoms with Crippen LogP contribution in [0.5, 0.6) is 0 Å². The first-order valence-electron chi connectivity index (χ1n) is 6.07. The van der Waals surface area contributed by atoms with Gasteiger partial charge in [0.2, 0.25) is 0 Å². The van der Waals surface area contributed by atoms with Crippen molar-refractivity contribution < 1.29 is 9.90 Å². The minimum atomic E-state index is -1.11. The maximum absolute atomic E-state index is 11.7. The van der Waals surface area contributed by atoms with Gasteiger partial charge in [0.15, 0.2) is 0 Å². The van der Waals surface area contributed by atoms with E-state index in [0.717, 1.165) is 5.56 Å². The lowest BCUT2D eigenvalue weighted by atomic mass is 9.98. The number of carbonyl (C=O) groups excluding carboxylic acids is 1. The highest BCUT2D eigenvalue weighted by Crippen LogP contribution is 2.18. The molecule has 4 heteroatoms. The number of aryl methyl sites for hydroxylation is 1. The Labute approximate surface area is 108 Å². The number of likely N-dealkylation sites (N-methyl/N-ethyl adjacent to an activating group) is 1. The molecule has 0 bridgehead atoms. The van der Waals surface area contributed by atoms with Gasteiger partial charge in [0, 0.05) is 20.1 Å². The monoisotopic (exact) mass is 250 g/mol. The fourth-order valence-corrected chi connectivity index (χ4v) is 1.87. The first kappa shape index (κ1) is 14.7. The van der Waals surface area contributed by atoms with Crippen LogP contribution in [0.1, 0.15) is 22.3 Å². The van der Waals surface area contributed by atoms with E-state index in [2.05, 4.69) is 26.8 Å². The average Bonchev–Trinajstić information content (AvgIpc) is 2.37. The smallest absolute Gasteiger partial charge is 0.252 e. The predicted octanol–water partition coefficient (Wildman–Crippen LogP) is 0.890. The van der Waals surface area contributed by atoms with Crippen molar-refractivity contribution in [3.05, 3.63) is 34.4 Å². The van der Waals surface area contributed by atoms with Gasteiger partial charge in [0.1, 0.15) is 6.10 Å². The number of hydrogen-bond donors (Lipinski definition) is 2. The zero-order chi connectivity index (χ0) is 13.9. The molecule has 1 aromatic rings. The summed E-state index contributed by atoms with van der Waals surface area (Å²) >= 11 is 0. The second-order valence-electron chi connectivity index (χ2n) is 4.74. The maximum Gasteiger partial charge on any atom is 0.252 e. The van der Waals surface area contributed by atoms with E-state index in [-0.39, 0.29) is 12.5 Å². The molecule has 0 saturated heterocycles. The number of aliphatic hydroxyl groups is 1. The highest BCUT2D eigenvalue weighted by atomic mass is 16.3. The average molecular weight is 250 g/mol. The topological polar surface area (TPSA) is 66.6 Å². The van der Waals surface area contributed by atoms with E-state index in [1.807, 2.05) is 6.07 Å². The number of hydrogen-bond acceptors (Lipinski definition) is 3. The van der Waals surface area contributed by atoms with Crippen LogP contribution in [0.3, 0.4) is 0 Å². The molecule has 0 aromatic heterocycles. The normalized spacial score (nSPS) is 12.3. The van der Waals surface area contributed by atoms with Crippen LogP contribution in [0.4, 0.5) is 0 Å². The Morgan fingerprint density at radius 2 is 1.94 bits per heavy atom. The molecular weight excluding hydrogens is 228 g/mol. The third-order valence-electron chi connectivity index (χ3n) is 3.46. The minimum Gasteiger partial charge on any atom is -0.382 e. The quantitative estimate of drug-likeness (QED) is 0.834. The van der Waals surface area contributed by atoms with Crippen molar-refractivity contribution in [1.29, 1.82) is 0 Å². The largest absolute Gasteiger partial charge is 0.382 e. The number of benzene rings is 1. The third-order valence-corrected chi connectivity index (χ3v) is 3.46. The highest BCUT2D eigenvalue weighted by molar-refractivity contribution is 5.80. The first-order valence-corrected chi connectivity index (χ1v) is 6.07. The number of nitrogens with zero attached hydrogens (tertiary/aromatic N) is 1. The molecule has 1 atom stereocenters. The Balaban J connectivity index is 2.86. The second-order valence-corrected chi connectivity index (χ2v) is 4.74. The molecule has 3 N–H and O–H groups in total. The van der Waals surface area contributed by atoms with Crippen LogP contribution in [0.25, 0.3) is 0 Å². The van der Waals surface area contributed by atoms with Gasteiger partial charge < -0.3 is 15.7 Å². The fraction of sp³-hybridized carbons (Fsp3) is 0.500. The molecule has 0 spiro atoms. The van der Waals surface area contributed by atoms with Crippen molar-refractivity contribution in [3.63, 3.8) is 0 Å². The van der Waals surface area contributed by atoms with Crippen molar-refractivity contribution in [2.24, 2.45) is 5.73 Å². The van der Waals surface area contributed by atoms with E-state index in [4.69, 9.17) is 5.73 Å². The third kappa shape index (κ3) is 3.09. The van der Waals surface area contributed by atoms with Gasteiger partial charge in [0.05, 0.1) is 0 Å². The highest BCUT2D eigenvalue weighted by Gasteiger charge is 2.18. The Bertz CT molecular complexity index is 444. The molecule has 0 radical (unpaired) electrons. The maximum atomic E-state index is 11.7. The summed E-state index contributed by atoms with van der Waals surface area (Å²) in [4.78, 5) is 13.2. The van der Waals surface area contributed by atoms with Gasteiger partial charge in [-0.15, -0.1) is 0 Å². The van der Waals surface area contributed by atoms with Crippen molar-refractivity contribution in [2.75, 3.05) is 13.6 Å². The number of aliphatic hydroxyl groups excluding tert-OH is 1. The molecule has 1 aromatic carbocycles. The van der Waals surface area contributed by atoms with Crippen LogP contribution in [0.2, 0.25) is 0 Å². The van der Waals surface area contributed by atoms with Gasteiger partial charge in [0.25, 0.3) is 5.91 Å². The van der Waals surface area contributed by atoms with Gasteiger partial charge in [-0.2, -0.15) is 0 Å². The molecule has 0 aliphatic heterocycles.